The fourth-order valence-corrected chi connectivity index (χ4v) is 3.41. The third-order valence-electron chi connectivity index (χ3n) is 3.87. The van der Waals surface area contributed by atoms with E-state index < -0.39 is 5.91 Å². The van der Waals surface area contributed by atoms with Gasteiger partial charge < -0.3 is 15.1 Å². The molecule has 5 nitrogen and oxygen atoms in total. The molecule has 0 aliphatic heterocycles. The highest BCUT2D eigenvalue weighted by Crippen LogP contribution is 2.27. The highest BCUT2D eigenvalue weighted by molar-refractivity contribution is 7.99. The molecule has 2 amide bonds. The van der Waals surface area contributed by atoms with E-state index in [1.54, 1.807) is 30.3 Å². The van der Waals surface area contributed by atoms with Gasteiger partial charge in [0, 0.05) is 10.8 Å². The Labute approximate surface area is 172 Å². The zero-order valence-corrected chi connectivity index (χ0v) is 16.8. The number of rotatable bonds is 7. The largest absolute Gasteiger partial charge is 0.459 e. The van der Waals surface area contributed by atoms with Crippen LogP contribution in [0.15, 0.2) is 65.3 Å². The Balaban J connectivity index is 1.59. The summed E-state index contributed by atoms with van der Waals surface area (Å²) < 4.78 is 5.09. The van der Waals surface area contributed by atoms with Crippen molar-refractivity contribution in [2.24, 2.45) is 0 Å². The number of hydrogen-bond donors (Lipinski definition) is 2. The smallest absolute Gasteiger partial charge is 0.291 e. The summed E-state index contributed by atoms with van der Waals surface area (Å²) in [4.78, 5) is 24.5. The second-order valence-electron chi connectivity index (χ2n) is 6.15. The number of halogens is 1. The summed E-state index contributed by atoms with van der Waals surface area (Å²) in [5.74, 6) is 0.633. The van der Waals surface area contributed by atoms with Crippen molar-refractivity contribution in [2.75, 3.05) is 16.4 Å². The lowest BCUT2D eigenvalue weighted by atomic mass is 10.2. The first-order valence-corrected chi connectivity index (χ1v) is 10.1. The molecule has 0 aliphatic carbocycles. The van der Waals surface area contributed by atoms with Crippen molar-refractivity contribution in [2.45, 2.75) is 12.7 Å². The third kappa shape index (κ3) is 5.65. The predicted octanol–water partition coefficient (Wildman–Crippen LogP) is 5.37. The number of nitrogens with one attached hydrogen (secondary N) is 2. The predicted molar refractivity (Wildman–Crippen MR) is 114 cm³/mol. The zero-order chi connectivity index (χ0) is 19.9. The van der Waals surface area contributed by atoms with Gasteiger partial charge in [0.25, 0.3) is 5.91 Å². The Morgan fingerprint density at radius 3 is 2.54 bits per heavy atom. The molecule has 7 heteroatoms. The highest BCUT2D eigenvalue weighted by Gasteiger charge is 2.13. The summed E-state index contributed by atoms with van der Waals surface area (Å²) in [6.07, 6.45) is 1.42. The molecule has 0 radical (unpaired) electrons. The molecule has 1 aromatic heterocycles. The molecule has 0 atom stereocenters. The van der Waals surface area contributed by atoms with Crippen molar-refractivity contribution in [3.05, 3.63) is 82.8 Å². The molecule has 28 heavy (non-hydrogen) atoms. The number of anilines is 2. The molecular formula is C21H19ClN2O3S. The van der Waals surface area contributed by atoms with Crippen molar-refractivity contribution < 1.29 is 14.0 Å². The molecule has 144 valence electrons. The Morgan fingerprint density at radius 1 is 1.04 bits per heavy atom. The van der Waals surface area contributed by atoms with E-state index in [-0.39, 0.29) is 11.7 Å². The molecule has 0 spiro atoms. The van der Waals surface area contributed by atoms with Crippen molar-refractivity contribution in [3.63, 3.8) is 0 Å². The Morgan fingerprint density at radius 2 is 1.82 bits per heavy atom. The Hall–Kier alpha value is -2.70. The zero-order valence-electron chi connectivity index (χ0n) is 15.2. The summed E-state index contributed by atoms with van der Waals surface area (Å²) in [6.45, 7) is 2.04. The number of aryl methyl sites for hydroxylation is 1. The van der Waals surface area contributed by atoms with E-state index in [0.29, 0.717) is 22.2 Å². The van der Waals surface area contributed by atoms with E-state index in [1.165, 1.54) is 29.2 Å². The monoisotopic (exact) mass is 414 g/mol. The fraction of sp³-hybridized carbons (Fsp3) is 0.143. The summed E-state index contributed by atoms with van der Waals surface area (Å²) in [7, 11) is 0. The van der Waals surface area contributed by atoms with Crippen LogP contribution in [0.3, 0.4) is 0 Å². The van der Waals surface area contributed by atoms with Crippen LogP contribution in [0.5, 0.6) is 0 Å². The van der Waals surface area contributed by atoms with E-state index in [2.05, 4.69) is 34.9 Å². The van der Waals surface area contributed by atoms with Crippen molar-refractivity contribution >= 4 is 46.6 Å². The SMILES string of the molecule is Cc1ccc(CSCC(=O)Nc2ccc(Cl)cc2NC(=O)c2ccco2)cc1. The second-order valence-corrected chi connectivity index (χ2v) is 7.57. The van der Waals surface area contributed by atoms with Gasteiger partial charge in [0.05, 0.1) is 23.4 Å². The van der Waals surface area contributed by atoms with Crippen LogP contribution >= 0.6 is 23.4 Å². The molecule has 3 rings (SSSR count). The first-order valence-electron chi connectivity index (χ1n) is 8.59. The van der Waals surface area contributed by atoms with E-state index in [4.69, 9.17) is 16.0 Å². The quantitative estimate of drug-likeness (QED) is 0.545. The maximum Gasteiger partial charge on any atom is 0.291 e. The van der Waals surface area contributed by atoms with E-state index in [1.807, 2.05) is 6.92 Å². The summed E-state index contributed by atoms with van der Waals surface area (Å²) >= 11 is 7.55. The Bertz CT molecular complexity index is 956. The van der Waals surface area contributed by atoms with Gasteiger partial charge in [-0.2, -0.15) is 0 Å². The summed E-state index contributed by atoms with van der Waals surface area (Å²) in [5, 5.41) is 5.97. The molecule has 2 N–H and O–H groups in total. The van der Waals surface area contributed by atoms with Crippen LogP contribution in [0.1, 0.15) is 21.7 Å². The van der Waals surface area contributed by atoms with Crippen LogP contribution in [-0.4, -0.2) is 17.6 Å². The maximum absolute atomic E-state index is 12.3. The molecule has 1 heterocycles. The van der Waals surface area contributed by atoms with Gasteiger partial charge in [-0.15, -0.1) is 11.8 Å². The molecule has 2 aromatic carbocycles. The van der Waals surface area contributed by atoms with Gasteiger partial charge in [-0.05, 0) is 42.8 Å². The van der Waals surface area contributed by atoms with Crippen molar-refractivity contribution in [1.29, 1.82) is 0 Å². The fourth-order valence-electron chi connectivity index (χ4n) is 2.45. The number of benzene rings is 2. The van der Waals surface area contributed by atoms with E-state index in [9.17, 15) is 9.59 Å². The van der Waals surface area contributed by atoms with E-state index in [0.717, 1.165) is 5.75 Å². The second kappa shape index (κ2) is 9.48. The number of amides is 2. The lowest BCUT2D eigenvalue weighted by molar-refractivity contribution is -0.113. The average molecular weight is 415 g/mol. The van der Waals surface area contributed by atoms with Crippen LogP contribution in [-0.2, 0) is 10.5 Å². The first kappa shape index (κ1) is 20.0. The lowest BCUT2D eigenvalue weighted by Crippen LogP contribution is -2.17. The molecule has 0 saturated heterocycles. The van der Waals surface area contributed by atoms with Crippen LogP contribution in [0, 0.1) is 6.92 Å². The molecule has 0 saturated carbocycles. The highest BCUT2D eigenvalue weighted by atomic mass is 35.5. The first-order chi connectivity index (χ1) is 13.5. The molecule has 3 aromatic rings. The number of carbonyl (C=O) groups is 2. The summed E-state index contributed by atoms with van der Waals surface area (Å²) in [6, 6.07) is 16.3. The van der Waals surface area contributed by atoms with Crippen LogP contribution in [0.25, 0.3) is 0 Å². The summed E-state index contributed by atoms with van der Waals surface area (Å²) in [5.41, 5.74) is 3.26. The standard InChI is InChI=1S/C21H19ClN2O3S/c1-14-4-6-15(7-5-14)12-28-13-20(25)23-17-9-8-16(22)11-18(17)24-21(26)19-3-2-10-27-19/h2-11H,12-13H2,1H3,(H,23,25)(H,24,26). The minimum atomic E-state index is -0.420. The van der Waals surface area contributed by atoms with Gasteiger partial charge in [-0.1, -0.05) is 41.4 Å². The molecule has 0 unspecified atom stereocenters. The average Bonchev–Trinajstić information content (AvgIpc) is 3.20. The van der Waals surface area contributed by atoms with Crippen LogP contribution < -0.4 is 10.6 Å². The van der Waals surface area contributed by atoms with E-state index >= 15 is 0 Å². The van der Waals surface area contributed by atoms with Gasteiger partial charge in [0.1, 0.15) is 0 Å². The van der Waals surface area contributed by atoms with Gasteiger partial charge in [0.2, 0.25) is 5.91 Å². The van der Waals surface area contributed by atoms with Gasteiger partial charge in [-0.3, -0.25) is 9.59 Å². The van der Waals surface area contributed by atoms with Crippen LogP contribution in [0.4, 0.5) is 11.4 Å². The maximum atomic E-state index is 12.3. The molecule has 0 fully saturated rings. The topological polar surface area (TPSA) is 71.3 Å². The van der Waals surface area contributed by atoms with Gasteiger partial charge in [0.15, 0.2) is 5.76 Å². The lowest BCUT2D eigenvalue weighted by Gasteiger charge is -2.12. The Kier molecular flexibility index (Phi) is 6.79. The molecule has 0 aliphatic rings. The van der Waals surface area contributed by atoms with Crippen LogP contribution in [0.2, 0.25) is 5.02 Å². The van der Waals surface area contributed by atoms with Crippen molar-refractivity contribution in [1.82, 2.24) is 0 Å². The van der Waals surface area contributed by atoms with Gasteiger partial charge in [-0.25, -0.2) is 0 Å². The molecular weight excluding hydrogens is 396 g/mol. The minimum absolute atomic E-state index is 0.159. The third-order valence-corrected chi connectivity index (χ3v) is 5.11. The minimum Gasteiger partial charge on any atom is -0.459 e. The number of carbonyl (C=O) groups excluding carboxylic acids is 2. The normalized spacial score (nSPS) is 10.5. The van der Waals surface area contributed by atoms with Crippen molar-refractivity contribution in [3.8, 4) is 0 Å². The number of thioether (sulfide) groups is 1. The number of furan rings is 1. The number of hydrogen-bond acceptors (Lipinski definition) is 4. The van der Waals surface area contributed by atoms with Gasteiger partial charge >= 0.3 is 0 Å². The molecule has 0 bridgehead atoms.